The Kier molecular flexibility index (Phi) is 9.63. The van der Waals surface area contributed by atoms with Gasteiger partial charge in [-0.2, -0.15) is 0 Å². The topological polar surface area (TPSA) is 78.7 Å². The number of halogens is 1. The van der Waals surface area contributed by atoms with E-state index in [4.69, 9.17) is 5.73 Å². The fraction of sp³-hybridized carbons (Fsp3) is 0.882. The van der Waals surface area contributed by atoms with E-state index in [2.05, 4.69) is 10.2 Å². The van der Waals surface area contributed by atoms with Crippen LogP contribution in [0.1, 0.15) is 45.4 Å². The van der Waals surface area contributed by atoms with Crippen LogP contribution in [0.3, 0.4) is 0 Å². The average molecular weight is 361 g/mol. The van der Waals surface area contributed by atoms with Gasteiger partial charge in [-0.25, -0.2) is 0 Å². The standard InChI is InChI=1S/C17H32N4O2.ClH/c1-14(17(23)20-10-4-2-3-5-11-20)21-12-6-7-15(13-21)16(22)19-9-8-18;/h14-15H,2-13,18H2,1H3,(H,19,22);1H. The number of hydrogen-bond donors (Lipinski definition) is 2. The average Bonchev–Trinajstić information content (AvgIpc) is 2.87. The lowest BCUT2D eigenvalue weighted by atomic mass is 9.95. The van der Waals surface area contributed by atoms with Gasteiger partial charge in [0.05, 0.1) is 12.0 Å². The van der Waals surface area contributed by atoms with Gasteiger partial charge in [0.1, 0.15) is 0 Å². The maximum absolute atomic E-state index is 12.8. The van der Waals surface area contributed by atoms with Gasteiger partial charge >= 0.3 is 0 Å². The highest BCUT2D eigenvalue weighted by Gasteiger charge is 2.32. The lowest BCUT2D eigenvalue weighted by Gasteiger charge is -2.37. The van der Waals surface area contributed by atoms with Gasteiger partial charge in [0.2, 0.25) is 11.8 Å². The lowest BCUT2D eigenvalue weighted by molar-refractivity contribution is -0.138. The fourth-order valence-corrected chi connectivity index (χ4v) is 3.62. The molecule has 7 heteroatoms. The van der Waals surface area contributed by atoms with Crippen LogP contribution in [0.4, 0.5) is 0 Å². The molecule has 2 saturated heterocycles. The summed E-state index contributed by atoms with van der Waals surface area (Å²) in [6.45, 7) is 6.34. The van der Waals surface area contributed by atoms with Crippen LogP contribution in [-0.4, -0.2) is 66.9 Å². The first-order valence-corrected chi connectivity index (χ1v) is 9.14. The molecule has 2 heterocycles. The monoisotopic (exact) mass is 360 g/mol. The Hall–Kier alpha value is -0.850. The number of hydrogen-bond acceptors (Lipinski definition) is 4. The molecule has 0 bridgehead atoms. The molecule has 0 saturated carbocycles. The van der Waals surface area contributed by atoms with Gasteiger partial charge < -0.3 is 16.0 Å². The van der Waals surface area contributed by atoms with Gasteiger partial charge in [0.15, 0.2) is 0 Å². The smallest absolute Gasteiger partial charge is 0.239 e. The molecular weight excluding hydrogens is 328 g/mol. The van der Waals surface area contributed by atoms with Crippen molar-refractivity contribution in [2.45, 2.75) is 51.5 Å². The Morgan fingerprint density at radius 2 is 1.79 bits per heavy atom. The number of carbonyl (C=O) groups excluding carboxylic acids is 2. The molecule has 0 aromatic heterocycles. The summed E-state index contributed by atoms with van der Waals surface area (Å²) >= 11 is 0. The molecule has 6 nitrogen and oxygen atoms in total. The van der Waals surface area contributed by atoms with Crippen molar-refractivity contribution in [1.82, 2.24) is 15.1 Å². The van der Waals surface area contributed by atoms with Gasteiger partial charge in [-0.05, 0) is 39.2 Å². The van der Waals surface area contributed by atoms with Crippen molar-refractivity contribution >= 4 is 24.2 Å². The molecule has 0 aliphatic carbocycles. The van der Waals surface area contributed by atoms with Crippen LogP contribution in [0.5, 0.6) is 0 Å². The van der Waals surface area contributed by atoms with Crippen LogP contribution in [0.25, 0.3) is 0 Å². The minimum Gasteiger partial charge on any atom is -0.355 e. The van der Waals surface area contributed by atoms with E-state index in [0.29, 0.717) is 19.6 Å². The van der Waals surface area contributed by atoms with Crippen molar-refractivity contribution in [3.63, 3.8) is 0 Å². The second-order valence-electron chi connectivity index (χ2n) is 6.83. The van der Waals surface area contributed by atoms with E-state index in [-0.39, 0.29) is 36.2 Å². The first-order chi connectivity index (χ1) is 11.1. The maximum Gasteiger partial charge on any atom is 0.239 e. The van der Waals surface area contributed by atoms with Crippen molar-refractivity contribution in [2.24, 2.45) is 11.7 Å². The number of amides is 2. The number of nitrogens with one attached hydrogen (secondary N) is 1. The third-order valence-corrected chi connectivity index (χ3v) is 5.09. The van der Waals surface area contributed by atoms with Crippen LogP contribution in [0.2, 0.25) is 0 Å². The maximum atomic E-state index is 12.8. The van der Waals surface area contributed by atoms with Gasteiger partial charge in [0.25, 0.3) is 0 Å². The second-order valence-corrected chi connectivity index (χ2v) is 6.83. The molecule has 0 aromatic rings. The third kappa shape index (κ3) is 5.90. The minimum atomic E-state index is -0.127. The Labute approximate surface area is 151 Å². The number of carbonyl (C=O) groups is 2. The number of rotatable bonds is 5. The number of likely N-dealkylation sites (tertiary alicyclic amines) is 2. The van der Waals surface area contributed by atoms with Crippen LogP contribution in [0, 0.1) is 5.92 Å². The van der Waals surface area contributed by atoms with Crippen molar-refractivity contribution in [1.29, 1.82) is 0 Å². The SMILES string of the molecule is CC(C(=O)N1CCCCCC1)N1CCCC(C(=O)NCCN)C1.Cl. The van der Waals surface area contributed by atoms with E-state index in [1.807, 2.05) is 11.8 Å². The molecule has 0 spiro atoms. The number of nitrogens with two attached hydrogens (primary N) is 1. The molecule has 2 unspecified atom stereocenters. The van der Waals surface area contributed by atoms with Crippen molar-refractivity contribution < 1.29 is 9.59 Å². The van der Waals surface area contributed by atoms with E-state index in [9.17, 15) is 9.59 Å². The highest BCUT2D eigenvalue weighted by atomic mass is 35.5. The summed E-state index contributed by atoms with van der Waals surface area (Å²) in [4.78, 5) is 29.1. The Bertz CT molecular complexity index is 400. The van der Waals surface area contributed by atoms with Crippen molar-refractivity contribution in [3.05, 3.63) is 0 Å². The van der Waals surface area contributed by atoms with Crippen LogP contribution in [-0.2, 0) is 9.59 Å². The van der Waals surface area contributed by atoms with Crippen molar-refractivity contribution in [2.75, 3.05) is 39.3 Å². The fourth-order valence-electron chi connectivity index (χ4n) is 3.62. The van der Waals surface area contributed by atoms with E-state index >= 15 is 0 Å². The molecule has 0 aromatic carbocycles. The van der Waals surface area contributed by atoms with E-state index in [1.54, 1.807) is 0 Å². The third-order valence-electron chi connectivity index (χ3n) is 5.09. The molecule has 3 N–H and O–H groups in total. The van der Waals surface area contributed by atoms with E-state index in [1.165, 1.54) is 12.8 Å². The summed E-state index contributed by atoms with van der Waals surface area (Å²) in [6, 6.07) is -0.127. The van der Waals surface area contributed by atoms with Crippen LogP contribution >= 0.6 is 12.4 Å². The molecule has 2 atom stereocenters. The molecule has 2 rings (SSSR count). The Morgan fingerprint density at radius 3 is 2.42 bits per heavy atom. The van der Waals surface area contributed by atoms with Gasteiger partial charge in [-0.3, -0.25) is 14.5 Å². The van der Waals surface area contributed by atoms with E-state index in [0.717, 1.165) is 45.3 Å². The first-order valence-electron chi connectivity index (χ1n) is 9.14. The molecule has 2 aliphatic rings. The van der Waals surface area contributed by atoms with Gasteiger partial charge in [0, 0.05) is 32.7 Å². The summed E-state index contributed by atoms with van der Waals surface area (Å²) in [7, 11) is 0. The quantitative estimate of drug-likeness (QED) is 0.766. The van der Waals surface area contributed by atoms with Gasteiger partial charge in [-0.1, -0.05) is 12.8 Å². The first kappa shape index (κ1) is 21.2. The molecule has 140 valence electrons. The molecule has 2 amide bonds. The lowest BCUT2D eigenvalue weighted by Crippen LogP contribution is -2.52. The summed E-state index contributed by atoms with van der Waals surface area (Å²) in [5.74, 6) is 0.291. The molecule has 0 radical (unpaired) electrons. The number of piperidine rings is 1. The highest BCUT2D eigenvalue weighted by Crippen LogP contribution is 2.20. The highest BCUT2D eigenvalue weighted by molar-refractivity contribution is 5.85. The number of nitrogens with zero attached hydrogens (tertiary/aromatic N) is 2. The normalized spacial score (nSPS) is 23.8. The predicted molar refractivity (Wildman–Crippen MR) is 98.1 cm³/mol. The minimum absolute atomic E-state index is 0. The van der Waals surface area contributed by atoms with E-state index < -0.39 is 0 Å². The zero-order valence-corrected chi connectivity index (χ0v) is 15.7. The zero-order chi connectivity index (χ0) is 16.7. The molecule has 24 heavy (non-hydrogen) atoms. The summed E-state index contributed by atoms with van der Waals surface area (Å²) < 4.78 is 0. The second kappa shape index (κ2) is 10.9. The molecular formula is C17H33ClN4O2. The summed E-state index contributed by atoms with van der Waals surface area (Å²) in [6.07, 6.45) is 6.55. The predicted octanol–water partition coefficient (Wildman–Crippen LogP) is 0.986. The van der Waals surface area contributed by atoms with Crippen molar-refractivity contribution in [3.8, 4) is 0 Å². The largest absolute Gasteiger partial charge is 0.355 e. The van der Waals surface area contributed by atoms with Gasteiger partial charge in [-0.15, -0.1) is 12.4 Å². The Balaban J connectivity index is 0.00000288. The van der Waals surface area contributed by atoms with Crippen LogP contribution < -0.4 is 11.1 Å². The Morgan fingerprint density at radius 1 is 1.12 bits per heavy atom. The summed E-state index contributed by atoms with van der Waals surface area (Å²) in [5.41, 5.74) is 5.44. The summed E-state index contributed by atoms with van der Waals surface area (Å²) in [5, 5.41) is 2.88. The molecule has 2 fully saturated rings. The van der Waals surface area contributed by atoms with Crippen LogP contribution in [0.15, 0.2) is 0 Å². The molecule has 2 aliphatic heterocycles. The zero-order valence-electron chi connectivity index (χ0n) is 14.8.